The molecule has 0 radical (unpaired) electrons. The summed E-state index contributed by atoms with van der Waals surface area (Å²) in [6, 6.07) is 9.77. The van der Waals surface area contributed by atoms with Gasteiger partial charge in [-0.25, -0.2) is 0 Å². The molecule has 4 heteroatoms. The first-order chi connectivity index (χ1) is 9.68. The van der Waals surface area contributed by atoms with Crippen molar-refractivity contribution in [2.75, 3.05) is 0 Å². The smallest absolute Gasteiger partial charge is 0.200 e. The molecule has 20 heavy (non-hydrogen) atoms. The van der Waals surface area contributed by atoms with Crippen molar-refractivity contribution < 1.29 is 14.9 Å². The van der Waals surface area contributed by atoms with Crippen molar-refractivity contribution in [3.05, 3.63) is 47.0 Å². The highest BCUT2D eigenvalue weighted by Crippen LogP contribution is 2.58. The van der Waals surface area contributed by atoms with Crippen LogP contribution in [0.3, 0.4) is 0 Å². The van der Waals surface area contributed by atoms with Crippen LogP contribution in [-0.2, 0) is 4.74 Å². The lowest BCUT2D eigenvalue weighted by Gasteiger charge is -2.18. The Labute approximate surface area is 117 Å². The Balaban J connectivity index is 1.85. The molecule has 1 aromatic carbocycles. The van der Waals surface area contributed by atoms with E-state index >= 15 is 0 Å². The summed E-state index contributed by atoms with van der Waals surface area (Å²) in [6.07, 6.45) is 1.75. The van der Waals surface area contributed by atoms with Gasteiger partial charge in [0.25, 0.3) is 0 Å². The van der Waals surface area contributed by atoms with Gasteiger partial charge < -0.3 is 14.9 Å². The van der Waals surface area contributed by atoms with Crippen LogP contribution in [0.25, 0.3) is 0 Å². The lowest BCUT2D eigenvalue weighted by atomic mass is 9.95. The van der Waals surface area contributed by atoms with Crippen molar-refractivity contribution in [2.24, 2.45) is 0 Å². The lowest BCUT2D eigenvalue weighted by Crippen LogP contribution is -2.06. The summed E-state index contributed by atoms with van der Waals surface area (Å²) in [7, 11) is 0. The van der Waals surface area contributed by atoms with Gasteiger partial charge in [-0.15, -0.1) is 0 Å². The summed E-state index contributed by atoms with van der Waals surface area (Å²) in [6.45, 7) is 1.98. The molecule has 2 bridgehead atoms. The van der Waals surface area contributed by atoms with Crippen molar-refractivity contribution in [3.8, 4) is 11.8 Å². The van der Waals surface area contributed by atoms with Crippen LogP contribution in [0.2, 0.25) is 0 Å². The largest absolute Gasteiger partial charge is 0.494 e. The van der Waals surface area contributed by atoms with E-state index in [9.17, 15) is 10.2 Å². The molecule has 2 unspecified atom stereocenters. The fourth-order valence-electron chi connectivity index (χ4n) is 3.54. The molecule has 3 heterocycles. The van der Waals surface area contributed by atoms with E-state index in [1.807, 2.05) is 37.3 Å². The van der Waals surface area contributed by atoms with E-state index in [-0.39, 0.29) is 30.0 Å². The van der Waals surface area contributed by atoms with Crippen molar-refractivity contribution in [1.29, 1.82) is 0 Å². The third kappa shape index (κ3) is 1.40. The monoisotopic (exact) mass is 271 g/mol. The molecule has 104 valence electrons. The molecule has 1 saturated heterocycles. The van der Waals surface area contributed by atoms with Gasteiger partial charge in [-0.3, -0.25) is 4.57 Å². The van der Waals surface area contributed by atoms with E-state index in [1.54, 1.807) is 4.57 Å². The van der Waals surface area contributed by atoms with Crippen molar-refractivity contribution in [1.82, 2.24) is 4.57 Å². The lowest BCUT2D eigenvalue weighted by molar-refractivity contribution is 0.0676. The third-order valence-corrected chi connectivity index (χ3v) is 4.56. The minimum absolute atomic E-state index is 0.0508. The summed E-state index contributed by atoms with van der Waals surface area (Å²) in [5.74, 6) is 0.308. The zero-order chi connectivity index (χ0) is 13.9. The zero-order valence-electron chi connectivity index (χ0n) is 11.3. The molecule has 0 spiro atoms. The summed E-state index contributed by atoms with van der Waals surface area (Å²) in [4.78, 5) is 0. The molecular formula is C16H17NO3. The van der Waals surface area contributed by atoms with Crippen LogP contribution in [0, 0.1) is 0 Å². The Hall–Kier alpha value is -1.94. The standard InChI is InChI=1S/C16H17NO3/c1-9(10-5-3-2-4-6-10)17-15(18)13-11-7-8-12(20-11)14(13)16(17)19/h2-6,9,11-12,18-19H,7-8H2,1H3/t9-,11?,12?/m1/s1. The number of nitrogens with zero attached hydrogens (tertiary/aromatic N) is 1. The van der Waals surface area contributed by atoms with Gasteiger partial charge in [0, 0.05) is 0 Å². The Morgan fingerprint density at radius 2 is 1.60 bits per heavy atom. The van der Waals surface area contributed by atoms with Gasteiger partial charge in [0.2, 0.25) is 11.8 Å². The van der Waals surface area contributed by atoms with Gasteiger partial charge in [-0.1, -0.05) is 30.3 Å². The molecule has 2 aromatic rings. The third-order valence-electron chi connectivity index (χ3n) is 4.56. The van der Waals surface area contributed by atoms with Gasteiger partial charge in [-0.05, 0) is 25.3 Å². The summed E-state index contributed by atoms with van der Waals surface area (Å²) in [5.41, 5.74) is 2.64. The zero-order valence-corrected chi connectivity index (χ0v) is 11.3. The van der Waals surface area contributed by atoms with E-state index in [4.69, 9.17) is 4.74 Å². The average Bonchev–Trinajstić information content (AvgIpc) is 3.14. The van der Waals surface area contributed by atoms with E-state index in [0.29, 0.717) is 0 Å². The first-order valence-electron chi connectivity index (χ1n) is 7.04. The number of benzene rings is 1. The molecule has 2 aliphatic heterocycles. The van der Waals surface area contributed by atoms with Crippen LogP contribution in [0.1, 0.15) is 54.7 Å². The van der Waals surface area contributed by atoms with Crippen LogP contribution in [0.15, 0.2) is 30.3 Å². The van der Waals surface area contributed by atoms with Crippen LogP contribution in [0.4, 0.5) is 0 Å². The molecular weight excluding hydrogens is 254 g/mol. The number of hydrogen-bond donors (Lipinski definition) is 2. The van der Waals surface area contributed by atoms with E-state index < -0.39 is 0 Å². The Morgan fingerprint density at radius 1 is 1.05 bits per heavy atom. The van der Waals surface area contributed by atoms with Gasteiger partial charge in [0.15, 0.2) is 0 Å². The number of aromatic nitrogens is 1. The minimum Gasteiger partial charge on any atom is -0.494 e. The van der Waals surface area contributed by atoms with Gasteiger partial charge in [0.1, 0.15) is 0 Å². The second-order valence-corrected chi connectivity index (χ2v) is 5.62. The predicted molar refractivity (Wildman–Crippen MR) is 73.8 cm³/mol. The van der Waals surface area contributed by atoms with Crippen LogP contribution in [0.5, 0.6) is 11.8 Å². The number of aromatic hydroxyl groups is 2. The molecule has 0 amide bonds. The first kappa shape index (κ1) is 11.9. The highest BCUT2D eigenvalue weighted by molar-refractivity contribution is 5.53. The van der Waals surface area contributed by atoms with E-state index in [1.165, 1.54) is 0 Å². The molecule has 4 nitrogen and oxygen atoms in total. The summed E-state index contributed by atoms with van der Waals surface area (Å²) in [5, 5.41) is 21.0. The Morgan fingerprint density at radius 3 is 2.15 bits per heavy atom. The molecule has 1 aromatic heterocycles. The van der Waals surface area contributed by atoms with Crippen LogP contribution >= 0.6 is 0 Å². The molecule has 2 aliphatic rings. The maximum absolute atomic E-state index is 10.5. The molecule has 4 rings (SSSR count). The SMILES string of the molecule is C[C@H](c1ccccc1)n1c(O)c2c(c1O)C1CCC2O1. The van der Waals surface area contributed by atoms with E-state index in [0.717, 1.165) is 29.5 Å². The second-order valence-electron chi connectivity index (χ2n) is 5.62. The molecule has 3 atom stereocenters. The van der Waals surface area contributed by atoms with E-state index in [2.05, 4.69) is 0 Å². The van der Waals surface area contributed by atoms with Gasteiger partial charge in [0.05, 0.1) is 29.4 Å². The normalized spacial score (nSPS) is 24.9. The quantitative estimate of drug-likeness (QED) is 0.880. The van der Waals surface area contributed by atoms with Crippen molar-refractivity contribution in [2.45, 2.75) is 38.0 Å². The van der Waals surface area contributed by atoms with Crippen molar-refractivity contribution >= 4 is 0 Å². The number of fused-ring (bicyclic) bond motifs is 5. The predicted octanol–water partition coefficient (Wildman–Crippen LogP) is 3.41. The number of ether oxygens (including phenoxy) is 1. The molecule has 0 saturated carbocycles. The minimum atomic E-state index is -0.110. The first-order valence-corrected chi connectivity index (χ1v) is 7.04. The topological polar surface area (TPSA) is 54.6 Å². The Bertz CT molecular complexity index is 629. The Kier molecular flexibility index (Phi) is 2.39. The van der Waals surface area contributed by atoms with Crippen LogP contribution in [-0.4, -0.2) is 14.8 Å². The summed E-state index contributed by atoms with van der Waals surface area (Å²) >= 11 is 0. The number of rotatable bonds is 2. The average molecular weight is 271 g/mol. The molecule has 2 N–H and O–H groups in total. The number of hydrogen-bond acceptors (Lipinski definition) is 3. The second kappa shape index (κ2) is 4.03. The fraction of sp³-hybridized carbons (Fsp3) is 0.375. The van der Waals surface area contributed by atoms with Gasteiger partial charge in [-0.2, -0.15) is 0 Å². The fourth-order valence-corrected chi connectivity index (χ4v) is 3.54. The van der Waals surface area contributed by atoms with Crippen LogP contribution < -0.4 is 0 Å². The summed E-state index contributed by atoms with van der Waals surface area (Å²) < 4.78 is 7.37. The van der Waals surface area contributed by atoms with Crippen molar-refractivity contribution in [3.63, 3.8) is 0 Å². The maximum Gasteiger partial charge on any atom is 0.200 e. The van der Waals surface area contributed by atoms with Gasteiger partial charge >= 0.3 is 0 Å². The molecule has 1 fully saturated rings. The maximum atomic E-state index is 10.5. The molecule has 0 aliphatic carbocycles. The highest BCUT2D eigenvalue weighted by Gasteiger charge is 2.45. The highest BCUT2D eigenvalue weighted by atomic mass is 16.5.